The molecule has 43 heavy (non-hydrogen) atoms. The van der Waals surface area contributed by atoms with E-state index in [1.807, 2.05) is 11.3 Å². The van der Waals surface area contributed by atoms with E-state index in [4.69, 9.17) is 0 Å². The summed E-state index contributed by atoms with van der Waals surface area (Å²) in [6, 6.07) is 51.7. The van der Waals surface area contributed by atoms with Gasteiger partial charge in [0.05, 0.1) is 0 Å². The van der Waals surface area contributed by atoms with E-state index in [1.54, 1.807) is 0 Å². The van der Waals surface area contributed by atoms with Gasteiger partial charge in [0.2, 0.25) is 0 Å². The minimum Gasteiger partial charge on any atom is -0.310 e. The molecule has 0 unspecified atom stereocenters. The third kappa shape index (κ3) is 3.63. The van der Waals surface area contributed by atoms with E-state index in [1.165, 1.54) is 69.7 Å². The molecule has 0 amide bonds. The molecule has 1 nitrogen and oxygen atoms in total. The van der Waals surface area contributed by atoms with Crippen molar-refractivity contribution in [3.05, 3.63) is 151 Å². The first-order chi connectivity index (χ1) is 21.1. The first-order valence-corrected chi connectivity index (χ1v) is 15.8. The van der Waals surface area contributed by atoms with Crippen LogP contribution in [0.5, 0.6) is 0 Å². The minimum atomic E-state index is -0.0128. The summed E-state index contributed by atoms with van der Waals surface area (Å²) in [7, 11) is 0. The maximum atomic E-state index is 2.41. The lowest BCUT2D eigenvalue weighted by atomic mass is 9.82. The Hall–Kier alpha value is -4.92. The first-order valence-electron chi connectivity index (χ1n) is 14.9. The maximum Gasteiger partial charge on any atom is 0.0468 e. The summed E-state index contributed by atoms with van der Waals surface area (Å²) in [5, 5.41) is 7.79. The van der Waals surface area contributed by atoms with Crippen molar-refractivity contribution in [3.63, 3.8) is 0 Å². The number of anilines is 3. The third-order valence-electron chi connectivity index (χ3n) is 9.42. The zero-order valence-corrected chi connectivity index (χ0v) is 25.0. The Morgan fingerprint density at radius 3 is 2.02 bits per heavy atom. The smallest absolute Gasteiger partial charge is 0.0468 e. The normalized spacial score (nSPS) is 13.5. The van der Waals surface area contributed by atoms with Crippen LogP contribution in [0.3, 0.4) is 0 Å². The Labute approximate surface area is 255 Å². The zero-order chi connectivity index (χ0) is 28.7. The Bertz CT molecular complexity index is 2380. The number of hydrogen-bond acceptors (Lipinski definition) is 2. The van der Waals surface area contributed by atoms with Gasteiger partial charge in [-0.1, -0.05) is 98.8 Å². The van der Waals surface area contributed by atoms with Crippen LogP contribution in [-0.4, -0.2) is 0 Å². The average Bonchev–Trinajstić information content (AvgIpc) is 3.52. The number of para-hydroxylation sites is 1. The van der Waals surface area contributed by atoms with Gasteiger partial charge in [-0.25, -0.2) is 0 Å². The van der Waals surface area contributed by atoms with Crippen LogP contribution in [0.2, 0.25) is 0 Å². The van der Waals surface area contributed by atoms with Gasteiger partial charge in [0.25, 0.3) is 0 Å². The average molecular weight is 568 g/mol. The highest BCUT2D eigenvalue weighted by Crippen LogP contribution is 2.50. The largest absolute Gasteiger partial charge is 0.310 e. The molecule has 0 atom stereocenters. The molecule has 0 N–H and O–H groups in total. The summed E-state index contributed by atoms with van der Waals surface area (Å²) in [4.78, 5) is 2.41. The molecule has 0 fully saturated rings. The van der Waals surface area contributed by atoms with Crippen molar-refractivity contribution in [2.45, 2.75) is 19.3 Å². The Balaban J connectivity index is 1.28. The molecule has 0 bridgehead atoms. The second kappa shape index (κ2) is 9.04. The van der Waals surface area contributed by atoms with E-state index >= 15 is 0 Å². The van der Waals surface area contributed by atoms with Crippen LogP contribution in [0.15, 0.2) is 140 Å². The number of thiophene rings is 1. The maximum absolute atomic E-state index is 2.41. The van der Waals surface area contributed by atoms with Crippen molar-refractivity contribution < 1.29 is 0 Å². The summed E-state index contributed by atoms with van der Waals surface area (Å²) < 4.78 is 2.69. The minimum absolute atomic E-state index is 0.0128. The predicted octanol–water partition coefficient (Wildman–Crippen LogP) is 12.1. The van der Waals surface area contributed by atoms with E-state index in [9.17, 15) is 0 Å². The van der Waals surface area contributed by atoms with Gasteiger partial charge < -0.3 is 4.90 Å². The zero-order valence-electron chi connectivity index (χ0n) is 24.1. The second-order valence-electron chi connectivity index (χ2n) is 12.2. The molecule has 1 aromatic heterocycles. The van der Waals surface area contributed by atoms with Gasteiger partial charge >= 0.3 is 0 Å². The molecule has 9 rings (SSSR count). The SMILES string of the molecule is CC1(C)c2ccccc2-c2cc(N(c3ccccc3)c3ccc4ccc5cc6sc7ccccc7c6cc5c4c3)ccc21. The van der Waals surface area contributed by atoms with Crippen molar-refractivity contribution >= 4 is 70.1 Å². The van der Waals surface area contributed by atoms with Gasteiger partial charge in [0.1, 0.15) is 0 Å². The van der Waals surface area contributed by atoms with Gasteiger partial charge in [-0.05, 0) is 98.4 Å². The van der Waals surface area contributed by atoms with Crippen molar-refractivity contribution in [2.75, 3.05) is 4.90 Å². The highest BCUT2D eigenvalue weighted by Gasteiger charge is 2.35. The highest BCUT2D eigenvalue weighted by molar-refractivity contribution is 7.25. The van der Waals surface area contributed by atoms with Crippen LogP contribution in [0.4, 0.5) is 17.1 Å². The molecule has 0 radical (unpaired) electrons. The molecule has 2 heteroatoms. The van der Waals surface area contributed by atoms with Crippen molar-refractivity contribution in [1.82, 2.24) is 0 Å². The number of nitrogens with zero attached hydrogens (tertiary/aromatic N) is 1. The summed E-state index contributed by atoms with van der Waals surface area (Å²) >= 11 is 1.88. The lowest BCUT2D eigenvalue weighted by molar-refractivity contribution is 0.660. The molecule has 7 aromatic carbocycles. The third-order valence-corrected chi connectivity index (χ3v) is 10.5. The standard InChI is InChI=1S/C41H29NS/c1-41(2)37-14-8-6-12-31(37)35-24-30(20-21-38(35)41)42(28-10-4-3-5-11-28)29-19-18-26-16-17-27-22-40-36(25-34(27)33(26)23-29)32-13-7-9-15-39(32)43-40/h3-25H,1-2H3. The van der Waals surface area contributed by atoms with Crippen LogP contribution in [0.1, 0.15) is 25.0 Å². The van der Waals surface area contributed by atoms with Crippen molar-refractivity contribution in [3.8, 4) is 11.1 Å². The van der Waals surface area contributed by atoms with E-state index in [2.05, 4.69) is 158 Å². The number of hydrogen-bond donors (Lipinski definition) is 0. The van der Waals surface area contributed by atoms with Gasteiger partial charge in [0, 0.05) is 42.6 Å². The van der Waals surface area contributed by atoms with Crippen LogP contribution in [-0.2, 0) is 5.41 Å². The molecule has 8 aromatic rings. The lowest BCUT2D eigenvalue weighted by Crippen LogP contribution is -2.15. The monoisotopic (exact) mass is 567 g/mol. The van der Waals surface area contributed by atoms with Gasteiger partial charge in [-0.2, -0.15) is 0 Å². The molecule has 204 valence electrons. The fourth-order valence-electron chi connectivity index (χ4n) is 7.27. The first kappa shape index (κ1) is 24.7. The lowest BCUT2D eigenvalue weighted by Gasteiger charge is -2.27. The molecule has 1 aliphatic rings. The predicted molar refractivity (Wildman–Crippen MR) is 187 cm³/mol. The Morgan fingerprint density at radius 1 is 0.442 bits per heavy atom. The van der Waals surface area contributed by atoms with Gasteiger partial charge in [0.15, 0.2) is 0 Å². The van der Waals surface area contributed by atoms with Gasteiger partial charge in [-0.15, -0.1) is 11.3 Å². The summed E-state index contributed by atoms with van der Waals surface area (Å²) in [5.41, 5.74) is 8.93. The van der Waals surface area contributed by atoms with Crippen LogP contribution in [0.25, 0.3) is 52.8 Å². The molecule has 0 saturated heterocycles. The molecule has 0 saturated carbocycles. The fourth-order valence-corrected chi connectivity index (χ4v) is 8.41. The van der Waals surface area contributed by atoms with E-state index < -0.39 is 0 Å². The fraction of sp³-hybridized carbons (Fsp3) is 0.0732. The quantitative estimate of drug-likeness (QED) is 0.192. The summed E-state index contributed by atoms with van der Waals surface area (Å²) in [6.07, 6.45) is 0. The number of benzene rings is 7. The second-order valence-corrected chi connectivity index (χ2v) is 13.3. The summed E-state index contributed by atoms with van der Waals surface area (Å²) in [5.74, 6) is 0. The molecule has 0 spiro atoms. The molecule has 0 aliphatic heterocycles. The molecular formula is C41H29NS. The van der Waals surface area contributed by atoms with Crippen molar-refractivity contribution in [2.24, 2.45) is 0 Å². The van der Waals surface area contributed by atoms with Crippen LogP contribution < -0.4 is 4.90 Å². The highest BCUT2D eigenvalue weighted by atomic mass is 32.1. The van der Waals surface area contributed by atoms with E-state index in [0.717, 1.165) is 11.4 Å². The van der Waals surface area contributed by atoms with Crippen LogP contribution in [0, 0.1) is 0 Å². The van der Waals surface area contributed by atoms with Crippen LogP contribution >= 0.6 is 11.3 Å². The Kier molecular flexibility index (Phi) is 5.18. The summed E-state index contributed by atoms with van der Waals surface area (Å²) in [6.45, 7) is 4.68. The molecular weight excluding hydrogens is 539 g/mol. The van der Waals surface area contributed by atoms with E-state index in [-0.39, 0.29) is 5.41 Å². The molecule has 1 heterocycles. The van der Waals surface area contributed by atoms with Crippen molar-refractivity contribution in [1.29, 1.82) is 0 Å². The topological polar surface area (TPSA) is 3.24 Å². The Morgan fingerprint density at radius 2 is 1.12 bits per heavy atom. The van der Waals surface area contributed by atoms with Gasteiger partial charge in [-0.3, -0.25) is 0 Å². The van der Waals surface area contributed by atoms with E-state index in [0.29, 0.717) is 0 Å². The number of rotatable bonds is 3. The molecule has 1 aliphatic carbocycles. The number of fused-ring (bicyclic) bond motifs is 9.